The number of furan rings is 1. The Balaban J connectivity index is 1.46. The van der Waals surface area contributed by atoms with Crippen LogP contribution in [0.25, 0.3) is 11.3 Å². The predicted molar refractivity (Wildman–Crippen MR) is 97.2 cm³/mol. The van der Waals surface area contributed by atoms with Crippen molar-refractivity contribution in [3.05, 3.63) is 64.6 Å². The summed E-state index contributed by atoms with van der Waals surface area (Å²) in [6.45, 7) is 6.67. The maximum Gasteiger partial charge on any atom is 0.135 e. The topological polar surface area (TPSA) is 43.0 Å². The van der Waals surface area contributed by atoms with E-state index in [-0.39, 0.29) is 0 Å². The molecule has 0 atom stereocenters. The second-order valence-corrected chi connectivity index (χ2v) is 6.33. The number of nitrogens with zero attached hydrogens (tertiary/aromatic N) is 2. The third-order valence-electron chi connectivity index (χ3n) is 3.93. The number of halogens is 1. The lowest BCUT2D eigenvalue weighted by atomic mass is 10.2. The van der Waals surface area contributed by atoms with Crippen LogP contribution in [0.2, 0.25) is 5.02 Å². The molecule has 0 aliphatic rings. The van der Waals surface area contributed by atoms with Gasteiger partial charge in [0.2, 0.25) is 0 Å². The van der Waals surface area contributed by atoms with Crippen LogP contribution in [0, 0.1) is 13.8 Å². The van der Waals surface area contributed by atoms with Crippen LogP contribution >= 0.6 is 11.6 Å². The summed E-state index contributed by atoms with van der Waals surface area (Å²) in [5.74, 6) is 1.72. The third kappa shape index (κ3) is 4.08. The highest BCUT2D eigenvalue weighted by atomic mass is 35.5. The van der Waals surface area contributed by atoms with E-state index in [1.54, 1.807) is 0 Å². The van der Waals surface area contributed by atoms with Gasteiger partial charge in [-0.25, -0.2) is 0 Å². The Morgan fingerprint density at radius 1 is 1.17 bits per heavy atom. The van der Waals surface area contributed by atoms with Gasteiger partial charge >= 0.3 is 0 Å². The first kappa shape index (κ1) is 16.8. The summed E-state index contributed by atoms with van der Waals surface area (Å²) >= 11 is 6.20. The Labute approximate surface area is 147 Å². The number of aryl methyl sites for hydroxylation is 3. The molecular formula is C19H22ClN3O. The van der Waals surface area contributed by atoms with Crippen LogP contribution in [0.4, 0.5) is 0 Å². The largest absolute Gasteiger partial charge is 0.460 e. The van der Waals surface area contributed by atoms with Crippen molar-refractivity contribution in [2.45, 2.75) is 33.4 Å². The van der Waals surface area contributed by atoms with Gasteiger partial charge in [-0.05, 0) is 57.1 Å². The molecule has 4 nitrogen and oxygen atoms in total. The molecule has 0 spiro atoms. The van der Waals surface area contributed by atoms with E-state index >= 15 is 0 Å². The van der Waals surface area contributed by atoms with Gasteiger partial charge in [-0.15, -0.1) is 0 Å². The van der Waals surface area contributed by atoms with E-state index in [4.69, 9.17) is 16.0 Å². The lowest BCUT2D eigenvalue weighted by Crippen LogP contribution is -2.16. The normalized spacial score (nSPS) is 11.1. The molecule has 24 heavy (non-hydrogen) atoms. The fourth-order valence-electron chi connectivity index (χ4n) is 2.75. The summed E-state index contributed by atoms with van der Waals surface area (Å²) in [6.07, 6.45) is 1.03. The Morgan fingerprint density at radius 3 is 2.75 bits per heavy atom. The minimum Gasteiger partial charge on any atom is -0.460 e. The summed E-state index contributed by atoms with van der Waals surface area (Å²) < 4.78 is 7.93. The van der Waals surface area contributed by atoms with Gasteiger partial charge in [0.25, 0.3) is 0 Å². The average molecular weight is 344 g/mol. The van der Waals surface area contributed by atoms with E-state index in [9.17, 15) is 0 Å². The summed E-state index contributed by atoms with van der Waals surface area (Å²) in [4.78, 5) is 0. The number of rotatable bonds is 7. The predicted octanol–water partition coefficient (Wildman–Crippen LogP) is 4.59. The number of nitrogens with one attached hydrogen (secondary N) is 1. The second-order valence-electron chi connectivity index (χ2n) is 5.93. The molecule has 0 amide bonds. The lowest BCUT2D eigenvalue weighted by Gasteiger charge is -2.05. The minimum atomic E-state index is 0.705. The van der Waals surface area contributed by atoms with E-state index in [1.807, 2.05) is 43.3 Å². The first-order valence-corrected chi connectivity index (χ1v) is 8.56. The Hall–Kier alpha value is -2.04. The third-order valence-corrected chi connectivity index (χ3v) is 4.26. The van der Waals surface area contributed by atoms with Crippen LogP contribution in [0.3, 0.4) is 0 Å². The molecule has 0 aliphatic carbocycles. The Bertz CT molecular complexity index is 807. The van der Waals surface area contributed by atoms with Crippen molar-refractivity contribution >= 4 is 11.6 Å². The second kappa shape index (κ2) is 7.69. The molecule has 0 saturated heterocycles. The molecule has 1 N–H and O–H groups in total. The Morgan fingerprint density at radius 2 is 2.00 bits per heavy atom. The van der Waals surface area contributed by atoms with E-state index in [1.165, 1.54) is 5.69 Å². The van der Waals surface area contributed by atoms with Crippen LogP contribution in [-0.2, 0) is 13.1 Å². The quantitative estimate of drug-likeness (QED) is 0.638. The molecule has 0 saturated carbocycles. The van der Waals surface area contributed by atoms with Crippen molar-refractivity contribution in [1.29, 1.82) is 0 Å². The summed E-state index contributed by atoms with van der Waals surface area (Å²) in [5.41, 5.74) is 3.21. The van der Waals surface area contributed by atoms with Crippen LogP contribution in [0.1, 0.15) is 23.6 Å². The first-order valence-electron chi connectivity index (χ1n) is 8.19. The molecule has 2 heterocycles. The summed E-state index contributed by atoms with van der Waals surface area (Å²) in [7, 11) is 0. The molecule has 0 aliphatic heterocycles. The van der Waals surface area contributed by atoms with Crippen LogP contribution in [0.15, 0.2) is 46.9 Å². The molecular weight excluding hydrogens is 322 g/mol. The number of hydrogen-bond acceptors (Lipinski definition) is 3. The first-order chi connectivity index (χ1) is 11.6. The van der Waals surface area contributed by atoms with Crippen LogP contribution in [-0.4, -0.2) is 16.3 Å². The highest BCUT2D eigenvalue weighted by Gasteiger charge is 2.07. The molecule has 3 rings (SSSR count). The fourth-order valence-corrected chi connectivity index (χ4v) is 2.97. The zero-order valence-electron chi connectivity index (χ0n) is 14.1. The maximum atomic E-state index is 6.20. The van der Waals surface area contributed by atoms with E-state index < -0.39 is 0 Å². The monoisotopic (exact) mass is 343 g/mol. The molecule has 2 aromatic heterocycles. The summed E-state index contributed by atoms with van der Waals surface area (Å²) in [6, 6.07) is 13.8. The molecule has 1 aromatic carbocycles. The van der Waals surface area contributed by atoms with Gasteiger partial charge in [-0.2, -0.15) is 5.10 Å². The smallest absolute Gasteiger partial charge is 0.135 e. The number of aromatic nitrogens is 2. The highest BCUT2D eigenvalue weighted by molar-refractivity contribution is 6.33. The molecule has 0 bridgehead atoms. The van der Waals surface area contributed by atoms with Gasteiger partial charge in [-0.3, -0.25) is 4.68 Å². The average Bonchev–Trinajstić information content (AvgIpc) is 3.14. The van der Waals surface area contributed by atoms with Gasteiger partial charge in [0.1, 0.15) is 11.5 Å². The SMILES string of the molecule is Cc1cc(C)n(CCCNCc2ccc(-c3ccccc3Cl)o2)n1. The molecule has 0 unspecified atom stereocenters. The summed E-state index contributed by atoms with van der Waals surface area (Å²) in [5, 5.41) is 8.58. The maximum absolute atomic E-state index is 6.20. The number of hydrogen-bond donors (Lipinski definition) is 1. The van der Waals surface area contributed by atoms with Crippen LogP contribution < -0.4 is 5.32 Å². The van der Waals surface area contributed by atoms with Crippen molar-refractivity contribution in [3.8, 4) is 11.3 Å². The molecule has 126 valence electrons. The molecule has 5 heteroatoms. The zero-order chi connectivity index (χ0) is 16.9. The van der Waals surface area contributed by atoms with Crippen molar-refractivity contribution in [2.75, 3.05) is 6.54 Å². The van der Waals surface area contributed by atoms with Crippen molar-refractivity contribution in [2.24, 2.45) is 0 Å². The highest BCUT2D eigenvalue weighted by Crippen LogP contribution is 2.28. The lowest BCUT2D eigenvalue weighted by molar-refractivity contribution is 0.477. The van der Waals surface area contributed by atoms with Gasteiger partial charge < -0.3 is 9.73 Å². The van der Waals surface area contributed by atoms with Gasteiger partial charge in [-0.1, -0.05) is 23.7 Å². The zero-order valence-corrected chi connectivity index (χ0v) is 14.8. The van der Waals surface area contributed by atoms with E-state index in [2.05, 4.69) is 28.1 Å². The molecule has 3 aromatic rings. The van der Waals surface area contributed by atoms with Crippen molar-refractivity contribution in [1.82, 2.24) is 15.1 Å². The van der Waals surface area contributed by atoms with Gasteiger partial charge in [0.15, 0.2) is 0 Å². The number of benzene rings is 1. The van der Waals surface area contributed by atoms with Crippen molar-refractivity contribution in [3.63, 3.8) is 0 Å². The molecule has 0 radical (unpaired) electrons. The van der Waals surface area contributed by atoms with Gasteiger partial charge in [0, 0.05) is 17.8 Å². The molecule has 0 fully saturated rings. The van der Waals surface area contributed by atoms with Crippen LogP contribution in [0.5, 0.6) is 0 Å². The van der Waals surface area contributed by atoms with Crippen molar-refractivity contribution < 1.29 is 4.42 Å². The van der Waals surface area contributed by atoms with Gasteiger partial charge in [0.05, 0.1) is 17.3 Å². The minimum absolute atomic E-state index is 0.705. The van der Waals surface area contributed by atoms with E-state index in [0.29, 0.717) is 11.6 Å². The Kier molecular flexibility index (Phi) is 5.38. The standard InChI is InChI=1S/C19H22ClN3O/c1-14-12-15(2)23(22-14)11-5-10-21-13-16-8-9-19(24-16)17-6-3-4-7-18(17)20/h3-4,6-9,12,21H,5,10-11,13H2,1-2H3. The fraction of sp³-hybridized carbons (Fsp3) is 0.316. The van der Waals surface area contributed by atoms with E-state index in [0.717, 1.165) is 42.3 Å².